The van der Waals surface area contributed by atoms with E-state index in [-0.39, 0.29) is 29.9 Å². The number of ketones is 1. The number of carbonyl (C=O) groups is 3. The lowest BCUT2D eigenvalue weighted by Crippen LogP contribution is -2.43. The molecule has 0 radical (unpaired) electrons. The molecule has 4 atom stereocenters. The molecular weight excluding hydrogens is 494 g/mol. The third-order valence-corrected chi connectivity index (χ3v) is 7.79. The predicted molar refractivity (Wildman–Crippen MR) is 145 cm³/mol. The first-order valence-corrected chi connectivity index (χ1v) is 13.8. The molecule has 5 rings (SSSR count). The van der Waals surface area contributed by atoms with Gasteiger partial charge in [-0.2, -0.15) is 0 Å². The molecule has 2 fully saturated rings. The van der Waals surface area contributed by atoms with E-state index < -0.39 is 11.8 Å². The number of rotatable bonds is 12. The molecule has 1 aromatic heterocycles. The van der Waals surface area contributed by atoms with Crippen molar-refractivity contribution < 1.29 is 23.5 Å². The summed E-state index contributed by atoms with van der Waals surface area (Å²) < 4.78 is 10.6. The minimum Gasteiger partial charge on any atom is -0.442 e. The summed E-state index contributed by atoms with van der Waals surface area (Å²) in [6.07, 6.45) is 5.11. The topological polar surface area (TPSA) is 102 Å². The van der Waals surface area contributed by atoms with Crippen molar-refractivity contribution in [1.29, 1.82) is 0 Å². The number of morpholine rings is 1. The van der Waals surface area contributed by atoms with Crippen LogP contribution < -0.4 is 5.32 Å². The number of hydrogen-bond donors (Lipinski definition) is 1. The third kappa shape index (κ3) is 7.00. The Hall–Kier alpha value is -3.78. The van der Waals surface area contributed by atoms with Gasteiger partial charge in [-0.15, -0.1) is 0 Å². The van der Waals surface area contributed by atoms with Crippen LogP contribution in [0.4, 0.5) is 0 Å². The first-order valence-electron chi connectivity index (χ1n) is 13.8. The number of nitrogens with zero attached hydrogens (tertiary/aromatic N) is 2. The minimum atomic E-state index is -0.496. The van der Waals surface area contributed by atoms with Gasteiger partial charge < -0.3 is 19.4 Å². The maximum Gasteiger partial charge on any atom is 0.263 e. The maximum absolute atomic E-state index is 13.5. The molecule has 8 heteroatoms. The molecule has 1 aliphatic heterocycles. The van der Waals surface area contributed by atoms with Gasteiger partial charge in [-0.3, -0.25) is 14.4 Å². The third-order valence-electron chi connectivity index (χ3n) is 7.79. The highest BCUT2D eigenvalue weighted by Gasteiger charge is 2.41. The molecule has 3 aromatic rings. The summed E-state index contributed by atoms with van der Waals surface area (Å²) in [6, 6.07) is 19.8. The van der Waals surface area contributed by atoms with E-state index in [9.17, 15) is 14.4 Å². The van der Waals surface area contributed by atoms with Crippen LogP contribution in [0, 0.1) is 11.8 Å². The number of hydrogen-bond acceptors (Lipinski definition) is 6. The fourth-order valence-corrected chi connectivity index (χ4v) is 5.53. The van der Waals surface area contributed by atoms with E-state index in [0.29, 0.717) is 57.5 Å². The SMILES string of the molecule is O=C(NCCC(C(=O)c1ncco1)c1ccccc1)C(CC(=O)N1CCOCC1)CC1CC1c1ccccc1. The minimum absolute atomic E-state index is 0.00315. The van der Waals surface area contributed by atoms with Crippen molar-refractivity contribution in [3.63, 3.8) is 0 Å². The van der Waals surface area contributed by atoms with Gasteiger partial charge in [0.2, 0.25) is 17.6 Å². The normalized spacial score (nSPS) is 20.2. The zero-order chi connectivity index (χ0) is 27.0. The molecule has 2 aliphatic rings. The largest absolute Gasteiger partial charge is 0.442 e. The number of aromatic nitrogens is 1. The van der Waals surface area contributed by atoms with Crippen molar-refractivity contribution in [2.24, 2.45) is 11.8 Å². The summed E-state index contributed by atoms with van der Waals surface area (Å²) in [4.78, 5) is 45.5. The maximum atomic E-state index is 13.5. The zero-order valence-electron chi connectivity index (χ0n) is 22.0. The zero-order valence-corrected chi connectivity index (χ0v) is 22.0. The molecule has 0 spiro atoms. The Morgan fingerprint density at radius 3 is 2.41 bits per heavy atom. The number of ether oxygens (including phenoxy) is 1. The molecule has 8 nitrogen and oxygen atoms in total. The number of Topliss-reactive ketones (excluding diaryl/α,β-unsaturated/α-hetero) is 1. The highest BCUT2D eigenvalue weighted by Crippen LogP contribution is 2.51. The lowest BCUT2D eigenvalue weighted by Gasteiger charge is -2.28. The van der Waals surface area contributed by atoms with Gasteiger partial charge >= 0.3 is 0 Å². The van der Waals surface area contributed by atoms with Gasteiger partial charge in [0.05, 0.1) is 25.3 Å². The Balaban J connectivity index is 1.23. The lowest BCUT2D eigenvalue weighted by molar-refractivity contribution is -0.139. The number of carbonyl (C=O) groups excluding carboxylic acids is 3. The molecular formula is C31H35N3O5. The summed E-state index contributed by atoms with van der Waals surface area (Å²) >= 11 is 0. The molecule has 1 N–H and O–H groups in total. The van der Waals surface area contributed by atoms with Crippen molar-refractivity contribution in [1.82, 2.24) is 15.2 Å². The summed E-state index contributed by atoms with van der Waals surface area (Å²) in [6.45, 7) is 2.48. The summed E-state index contributed by atoms with van der Waals surface area (Å²) in [7, 11) is 0. The number of benzene rings is 2. The second-order valence-electron chi connectivity index (χ2n) is 10.4. The smallest absolute Gasteiger partial charge is 0.263 e. The van der Waals surface area contributed by atoms with E-state index in [2.05, 4.69) is 22.4 Å². The second kappa shape index (κ2) is 12.8. The van der Waals surface area contributed by atoms with Crippen LogP contribution in [-0.4, -0.2) is 60.3 Å². The van der Waals surface area contributed by atoms with Gasteiger partial charge in [0.25, 0.3) is 5.89 Å². The van der Waals surface area contributed by atoms with Crippen LogP contribution in [0.5, 0.6) is 0 Å². The first kappa shape index (κ1) is 26.8. The van der Waals surface area contributed by atoms with E-state index in [1.807, 2.05) is 48.5 Å². The molecule has 2 amide bonds. The van der Waals surface area contributed by atoms with Crippen LogP contribution >= 0.6 is 0 Å². The molecule has 1 aliphatic carbocycles. The van der Waals surface area contributed by atoms with Gasteiger partial charge in [-0.05, 0) is 42.2 Å². The van der Waals surface area contributed by atoms with Gasteiger partial charge in [0.1, 0.15) is 6.26 Å². The van der Waals surface area contributed by atoms with Gasteiger partial charge in [-0.25, -0.2) is 4.98 Å². The molecule has 2 aromatic carbocycles. The van der Waals surface area contributed by atoms with Crippen molar-refractivity contribution in [3.05, 3.63) is 90.1 Å². The Kier molecular flexibility index (Phi) is 8.83. The highest BCUT2D eigenvalue weighted by atomic mass is 16.5. The van der Waals surface area contributed by atoms with Crippen LogP contribution in [0.25, 0.3) is 0 Å². The molecule has 1 saturated heterocycles. The molecule has 2 heterocycles. The van der Waals surface area contributed by atoms with E-state index >= 15 is 0 Å². The summed E-state index contributed by atoms with van der Waals surface area (Å²) in [5, 5.41) is 3.04. The van der Waals surface area contributed by atoms with E-state index in [1.54, 1.807) is 4.90 Å². The lowest BCUT2D eigenvalue weighted by atomic mass is 9.91. The molecule has 0 bridgehead atoms. The quantitative estimate of drug-likeness (QED) is 0.353. The fraction of sp³-hybridized carbons (Fsp3) is 0.419. The number of oxazole rings is 1. The number of nitrogens with one attached hydrogen (secondary N) is 1. The van der Waals surface area contributed by atoms with Crippen LogP contribution in [0.15, 0.2) is 77.5 Å². The second-order valence-corrected chi connectivity index (χ2v) is 10.4. The van der Waals surface area contributed by atoms with Crippen LogP contribution in [0.2, 0.25) is 0 Å². The molecule has 204 valence electrons. The van der Waals surface area contributed by atoms with Crippen LogP contribution in [-0.2, 0) is 14.3 Å². The van der Waals surface area contributed by atoms with Crippen molar-refractivity contribution in [3.8, 4) is 0 Å². The van der Waals surface area contributed by atoms with Crippen LogP contribution in [0.1, 0.15) is 59.3 Å². The van der Waals surface area contributed by atoms with Gasteiger partial charge in [0.15, 0.2) is 0 Å². The van der Waals surface area contributed by atoms with Crippen LogP contribution in [0.3, 0.4) is 0 Å². The summed E-state index contributed by atoms with van der Waals surface area (Å²) in [5.74, 6) is -0.401. The first-order chi connectivity index (χ1) is 19.1. The Morgan fingerprint density at radius 1 is 1.00 bits per heavy atom. The molecule has 1 saturated carbocycles. The molecule has 39 heavy (non-hydrogen) atoms. The van der Waals surface area contributed by atoms with Crippen molar-refractivity contribution >= 4 is 17.6 Å². The van der Waals surface area contributed by atoms with Gasteiger partial charge in [-0.1, -0.05) is 60.7 Å². The highest BCUT2D eigenvalue weighted by molar-refractivity contribution is 5.97. The predicted octanol–water partition coefficient (Wildman–Crippen LogP) is 4.21. The van der Waals surface area contributed by atoms with Crippen molar-refractivity contribution in [2.75, 3.05) is 32.8 Å². The van der Waals surface area contributed by atoms with Crippen molar-refractivity contribution in [2.45, 2.75) is 37.5 Å². The average molecular weight is 530 g/mol. The number of amides is 2. The standard InChI is InChI=1S/C31H35N3O5/c35-28(34-14-17-38-18-15-34)21-25(19-24-20-27(24)23-9-5-2-6-10-23)30(37)32-12-11-26(22-7-3-1-4-8-22)29(36)31-33-13-16-39-31/h1-10,13,16,24-27H,11-12,14-15,17-21H2,(H,32,37). The average Bonchev–Trinajstić information content (AvgIpc) is 3.53. The van der Waals surface area contributed by atoms with E-state index in [1.165, 1.54) is 18.0 Å². The van der Waals surface area contributed by atoms with Gasteiger partial charge in [0, 0.05) is 32.0 Å². The van der Waals surface area contributed by atoms with E-state index in [4.69, 9.17) is 9.15 Å². The Labute approximate surface area is 228 Å². The van der Waals surface area contributed by atoms with E-state index in [0.717, 1.165) is 12.0 Å². The Bertz CT molecular complexity index is 1230. The Morgan fingerprint density at radius 2 is 1.72 bits per heavy atom. The summed E-state index contributed by atoms with van der Waals surface area (Å²) in [5.41, 5.74) is 2.13. The fourth-order valence-electron chi connectivity index (χ4n) is 5.53. The molecule has 4 unspecified atom stereocenters. The monoisotopic (exact) mass is 529 g/mol.